The summed E-state index contributed by atoms with van der Waals surface area (Å²) in [5, 5.41) is 0. The molecule has 0 aromatic heterocycles. The molecule has 9 heteroatoms. The van der Waals surface area contributed by atoms with Gasteiger partial charge in [0.2, 0.25) is 10.0 Å². The summed E-state index contributed by atoms with van der Waals surface area (Å²) in [6.07, 6.45) is 1.69. The van der Waals surface area contributed by atoms with Crippen LogP contribution < -0.4 is 14.2 Å². The van der Waals surface area contributed by atoms with Crippen LogP contribution in [0.1, 0.15) is 17.5 Å². The molecule has 0 saturated heterocycles. The van der Waals surface area contributed by atoms with Crippen molar-refractivity contribution >= 4 is 38.4 Å². The van der Waals surface area contributed by atoms with Gasteiger partial charge in [0.1, 0.15) is 0 Å². The van der Waals surface area contributed by atoms with E-state index in [1.165, 1.54) is 11.1 Å². The molecule has 0 bridgehead atoms. The number of halogens is 2. The average molecular weight is 506 g/mol. The quantitative estimate of drug-likeness (QED) is 0.555. The summed E-state index contributed by atoms with van der Waals surface area (Å²) < 4.78 is 38.9. The second-order valence-electron chi connectivity index (χ2n) is 6.68. The maximum atomic E-state index is 12.4. The minimum absolute atomic E-state index is 0. The molecule has 29 heavy (non-hydrogen) atoms. The number of methoxy groups -OCH3 is 2. The van der Waals surface area contributed by atoms with Crippen LogP contribution in [0.3, 0.4) is 0 Å². The van der Waals surface area contributed by atoms with Gasteiger partial charge >= 0.3 is 0 Å². The molecule has 1 aliphatic rings. The normalized spacial score (nSPS) is 14.0. The van der Waals surface area contributed by atoms with Gasteiger partial charge in [0, 0.05) is 24.1 Å². The lowest BCUT2D eigenvalue weighted by Crippen LogP contribution is -2.34. The monoisotopic (exact) mass is 504 g/mol. The van der Waals surface area contributed by atoms with Gasteiger partial charge in [-0.15, -0.1) is 12.4 Å². The molecule has 160 valence electrons. The molecule has 0 aliphatic carbocycles. The molecule has 0 unspecified atom stereocenters. The van der Waals surface area contributed by atoms with E-state index in [2.05, 4.69) is 31.6 Å². The lowest BCUT2D eigenvalue weighted by Gasteiger charge is -2.29. The van der Waals surface area contributed by atoms with Crippen LogP contribution in [0.15, 0.2) is 45.8 Å². The molecule has 6 nitrogen and oxygen atoms in total. The van der Waals surface area contributed by atoms with E-state index in [0.717, 1.165) is 44.0 Å². The second-order valence-corrected chi connectivity index (χ2v) is 9.27. The molecule has 0 amide bonds. The van der Waals surface area contributed by atoms with Crippen molar-refractivity contribution < 1.29 is 17.9 Å². The van der Waals surface area contributed by atoms with Gasteiger partial charge in [-0.1, -0.05) is 12.1 Å². The highest BCUT2D eigenvalue weighted by atomic mass is 79.9. The van der Waals surface area contributed by atoms with E-state index in [0.29, 0.717) is 11.0 Å². The molecule has 0 fully saturated rings. The smallest absolute Gasteiger partial charge is 0.241 e. The number of hydrogen-bond acceptors (Lipinski definition) is 5. The molecule has 3 rings (SSSR count). The van der Waals surface area contributed by atoms with E-state index in [1.54, 1.807) is 38.5 Å². The van der Waals surface area contributed by atoms with Gasteiger partial charge in [-0.05, 0) is 70.7 Å². The van der Waals surface area contributed by atoms with Crippen molar-refractivity contribution in [3.63, 3.8) is 0 Å². The molecular formula is C20H26BrClN2O4S. The van der Waals surface area contributed by atoms with E-state index >= 15 is 0 Å². The SMILES string of the molecule is COc1cc2c(cc1OC)CN(CCCNS(=O)(=O)c1ccccc1Br)CC2.Cl. The molecule has 1 aliphatic heterocycles. The fourth-order valence-electron chi connectivity index (χ4n) is 3.38. The Morgan fingerprint density at radius 2 is 1.76 bits per heavy atom. The highest BCUT2D eigenvalue weighted by molar-refractivity contribution is 9.10. The van der Waals surface area contributed by atoms with Gasteiger partial charge in [0.25, 0.3) is 0 Å². The van der Waals surface area contributed by atoms with Gasteiger partial charge in [-0.2, -0.15) is 0 Å². The van der Waals surface area contributed by atoms with Crippen molar-refractivity contribution in [2.45, 2.75) is 24.3 Å². The molecule has 2 aromatic rings. The molecule has 2 aromatic carbocycles. The van der Waals surface area contributed by atoms with Gasteiger partial charge in [-0.25, -0.2) is 13.1 Å². The predicted octanol–water partition coefficient (Wildman–Crippen LogP) is 3.61. The van der Waals surface area contributed by atoms with Gasteiger partial charge in [0.05, 0.1) is 19.1 Å². The lowest BCUT2D eigenvalue weighted by molar-refractivity contribution is 0.250. The Morgan fingerprint density at radius 3 is 2.41 bits per heavy atom. The molecular weight excluding hydrogens is 480 g/mol. The third kappa shape index (κ3) is 5.86. The Balaban J connectivity index is 0.00000300. The van der Waals surface area contributed by atoms with Crippen LogP contribution in [0, 0.1) is 0 Å². The fraction of sp³-hybridized carbons (Fsp3) is 0.400. The Labute approximate surface area is 187 Å². The van der Waals surface area contributed by atoms with Crippen LogP contribution in [0.5, 0.6) is 11.5 Å². The van der Waals surface area contributed by atoms with E-state index in [1.807, 2.05) is 6.07 Å². The van der Waals surface area contributed by atoms with Crippen molar-refractivity contribution in [2.24, 2.45) is 0 Å². The predicted molar refractivity (Wildman–Crippen MR) is 120 cm³/mol. The average Bonchev–Trinajstić information content (AvgIpc) is 2.70. The van der Waals surface area contributed by atoms with E-state index in [4.69, 9.17) is 9.47 Å². The van der Waals surface area contributed by atoms with Crippen molar-refractivity contribution in [1.82, 2.24) is 9.62 Å². The largest absolute Gasteiger partial charge is 0.493 e. The summed E-state index contributed by atoms with van der Waals surface area (Å²) in [7, 11) is -0.217. The number of sulfonamides is 1. The number of ether oxygens (including phenoxy) is 2. The molecule has 0 radical (unpaired) electrons. The first-order valence-corrected chi connectivity index (χ1v) is 11.4. The number of nitrogens with zero attached hydrogens (tertiary/aromatic N) is 1. The first-order valence-electron chi connectivity index (χ1n) is 9.15. The summed E-state index contributed by atoms with van der Waals surface area (Å²) in [5.74, 6) is 1.50. The van der Waals surface area contributed by atoms with Crippen LogP contribution in [-0.2, 0) is 23.0 Å². The molecule has 1 heterocycles. The second kappa shape index (κ2) is 10.6. The third-order valence-electron chi connectivity index (χ3n) is 4.87. The van der Waals surface area contributed by atoms with Crippen LogP contribution in [0.2, 0.25) is 0 Å². The van der Waals surface area contributed by atoms with Crippen LogP contribution in [-0.4, -0.2) is 47.2 Å². The summed E-state index contributed by atoms with van der Waals surface area (Å²) in [6.45, 7) is 3.00. The maximum Gasteiger partial charge on any atom is 0.241 e. The van der Waals surface area contributed by atoms with Crippen LogP contribution >= 0.6 is 28.3 Å². The van der Waals surface area contributed by atoms with Gasteiger partial charge in [-0.3, -0.25) is 4.90 Å². The van der Waals surface area contributed by atoms with Crippen LogP contribution in [0.25, 0.3) is 0 Å². The van der Waals surface area contributed by atoms with Crippen molar-refractivity contribution in [3.8, 4) is 11.5 Å². The van der Waals surface area contributed by atoms with Crippen LogP contribution in [0.4, 0.5) is 0 Å². The highest BCUT2D eigenvalue weighted by Gasteiger charge is 2.20. The summed E-state index contributed by atoms with van der Waals surface area (Å²) in [6, 6.07) is 10.9. The van der Waals surface area contributed by atoms with Crippen molar-refractivity contribution in [2.75, 3.05) is 33.9 Å². The van der Waals surface area contributed by atoms with E-state index < -0.39 is 10.0 Å². The summed E-state index contributed by atoms with van der Waals surface area (Å²) in [4.78, 5) is 2.60. The topological polar surface area (TPSA) is 67.9 Å². The number of benzene rings is 2. The zero-order valence-corrected chi connectivity index (χ0v) is 19.7. The number of hydrogen-bond donors (Lipinski definition) is 1. The molecule has 0 saturated carbocycles. The zero-order chi connectivity index (χ0) is 20.1. The first-order chi connectivity index (χ1) is 13.4. The van der Waals surface area contributed by atoms with E-state index in [-0.39, 0.29) is 17.3 Å². The minimum Gasteiger partial charge on any atom is -0.493 e. The van der Waals surface area contributed by atoms with Crippen molar-refractivity contribution in [1.29, 1.82) is 0 Å². The molecule has 0 spiro atoms. The minimum atomic E-state index is -3.51. The Hall–Kier alpha value is -1.32. The fourth-order valence-corrected chi connectivity index (χ4v) is 5.46. The van der Waals surface area contributed by atoms with Gasteiger partial charge < -0.3 is 9.47 Å². The number of fused-ring (bicyclic) bond motifs is 1. The standard InChI is InChI=1S/C20H25BrN2O4S.ClH/c1-26-18-12-15-8-11-23(14-16(15)13-19(18)27-2)10-5-9-22-28(24,25)20-7-4-3-6-17(20)21;/h3-4,6-7,12-13,22H,5,8-11,14H2,1-2H3;1H. The van der Waals surface area contributed by atoms with E-state index in [9.17, 15) is 8.42 Å². The third-order valence-corrected chi connectivity index (χ3v) is 7.34. The Bertz CT molecular complexity index is 940. The first kappa shape index (κ1) is 24.0. The summed E-state index contributed by atoms with van der Waals surface area (Å²) >= 11 is 3.29. The lowest BCUT2D eigenvalue weighted by atomic mass is 9.98. The molecule has 0 atom stereocenters. The maximum absolute atomic E-state index is 12.4. The zero-order valence-electron chi connectivity index (χ0n) is 16.5. The molecule has 1 N–H and O–H groups in total. The van der Waals surface area contributed by atoms with Gasteiger partial charge in [0.15, 0.2) is 11.5 Å². The Kier molecular flexibility index (Phi) is 8.78. The number of rotatable bonds is 8. The highest BCUT2D eigenvalue weighted by Crippen LogP contribution is 2.33. The number of nitrogens with one attached hydrogen (secondary N) is 1. The summed E-state index contributed by atoms with van der Waals surface area (Å²) in [5.41, 5.74) is 2.52. The van der Waals surface area contributed by atoms with Crippen molar-refractivity contribution in [3.05, 3.63) is 52.0 Å². The Morgan fingerprint density at radius 1 is 1.10 bits per heavy atom.